The molecule has 1 N–H and O–H groups in total. The predicted octanol–water partition coefficient (Wildman–Crippen LogP) is 3.67. The molecule has 2 rings (SSSR count). The number of anilines is 1. The molecule has 0 unspecified atom stereocenters. The second-order valence-electron chi connectivity index (χ2n) is 4.89. The van der Waals surface area contributed by atoms with Gasteiger partial charge in [-0.15, -0.1) is 0 Å². The summed E-state index contributed by atoms with van der Waals surface area (Å²) in [6.45, 7) is 5.76. The van der Waals surface area contributed by atoms with Gasteiger partial charge in [-0.2, -0.15) is 0 Å². The number of rotatable bonds is 4. The molecule has 0 aromatic heterocycles. The van der Waals surface area contributed by atoms with E-state index in [0.717, 1.165) is 23.1 Å². The fraction of sp³-hybridized carbons (Fsp3) is 0.250. The van der Waals surface area contributed by atoms with Crippen LogP contribution in [0, 0.1) is 13.8 Å². The summed E-state index contributed by atoms with van der Waals surface area (Å²) in [4.78, 5) is 0.328. The molecule has 0 atom stereocenters. The summed E-state index contributed by atoms with van der Waals surface area (Å²) in [5.41, 5.74) is 3.44. The summed E-state index contributed by atoms with van der Waals surface area (Å²) in [6, 6.07) is 12.8. The third-order valence-corrected chi connectivity index (χ3v) is 4.79. The van der Waals surface area contributed by atoms with Crippen LogP contribution in [-0.4, -0.2) is 8.42 Å². The Balaban J connectivity index is 2.41. The number of sulfonamides is 1. The third-order valence-electron chi connectivity index (χ3n) is 3.26. The average Bonchev–Trinajstić information content (AvgIpc) is 2.38. The summed E-state index contributed by atoms with van der Waals surface area (Å²) in [5, 5.41) is 0. The van der Waals surface area contributed by atoms with E-state index >= 15 is 0 Å². The molecule has 0 radical (unpaired) electrons. The topological polar surface area (TPSA) is 46.2 Å². The van der Waals surface area contributed by atoms with Gasteiger partial charge in [0.15, 0.2) is 0 Å². The van der Waals surface area contributed by atoms with E-state index in [2.05, 4.69) is 4.72 Å². The highest BCUT2D eigenvalue weighted by atomic mass is 32.2. The van der Waals surface area contributed by atoms with Crippen molar-refractivity contribution >= 4 is 15.7 Å². The zero-order valence-electron chi connectivity index (χ0n) is 12.0. The fourth-order valence-corrected chi connectivity index (χ4v) is 3.56. The molecule has 20 heavy (non-hydrogen) atoms. The second kappa shape index (κ2) is 5.67. The zero-order chi connectivity index (χ0) is 14.8. The van der Waals surface area contributed by atoms with Gasteiger partial charge >= 0.3 is 0 Å². The summed E-state index contributed by atoms with van der Waals surface area (Å²) in [5.74, 6) is 0. The molecule has 0 fully saturated rings. The van der Waals surface area contributed by atoms with Crippen molar-refractivity contribution in [3.63, 3.8) is 0 Å². The number of hydrogen-bond acceptors (Lipinski definition) is 2. The molecular formula is C16H19NO2S. The van der Waals surface area contributed by atoms with Gasteiger partial charge in [0.2, 0.25) is 0 Å². The molecule has 0 saturated carbocycles. The van der Waals surface area contributed by atoms with E-state index < -0.39 is 10.0 Å². The van der Waals surface area contributed by atoms with Gasteiger partial charge in [0, 0.05) is 0 Å². The van der Waals surface area contributed by atoms with E-state index in [1.807, 2.05) is 51.1 Å². The van der Waals surface area contributed by atoms with Crippen LogP contribution in [0.15, 0.2) is 47.4 Å². The minimum Gasteiger partial charge on any atom is -0.279 e. The maximum absolute atomic E-state index is 12.5. The second-order valence-corrected chi connectivity index (χ2v) is 6.54. The first-order chi connectivity index (χ1) is 9.44. The minimum absolute atomic E-state index is 0.328. The Morgan fingerprint density at radius 2 is 1.75 bits per heavy atom. The standard InChI is InChI=1S/C16H19NO2S/c1-4-14-7-5-6-8-15(14)17-20(18,19)16-10-9-12(2)11-13(16)3/h5-11,17H,4H2,1-3H3. The molecule has 0 spiro atoms. The van der Waals surface area contributed by atoms with Crippen molar-refractivity contribution in [3.05, 3.63) is 59.2 Å². The van der Waals surface area contributed by atoms with Crippen LogP contribution < -0.4 is 4.72 Å². The Bertz CT molecular complexity index is 721. The molecule has 2 aromatic carbocycles. The lowest BCUT2D eigenvalue weighted by Crippen LogP contribution is -2.15. The summed E-state index contributed by atoms with van der Waals surface area (Å²) in [7, 11) is -3.54. The van der Waals surface area contributed by atoms with E-state index in [1.165, 1.54) is 0 Å². The van der Waals surface area contributed by atoms with E-state index in [4.69, 9.17) is 0 Å². The molecule has 0 amide bonds. The molecule has 3 nitrogen and oxygen atoms in total. The Morgan fingerprint density at radius 3 is 2.40 bits per heavy atom. The number of benzene rings is 2. The van der Waals surface area contributed by atoms with Crippen LogP contribution in [0.25, 0.3) is 0 Å². The van der Waals surface area contributed by atoms with Gasteiger partial charge in [-0.1, -0.05) is 42.8 Å². The first-order valence-corrected chi connectivity index (χ1v) is 8.10. The van der Waals surface area contributed by atoms with E-state index in [0.29, 0.717) is 10.6 Å². The van der Waals surface area contributed by atoms with Gasteiger partial charge in [0.1, 0.15) is 0 Å². The maximum atomic E-state index is 12.5. The van der Waals surface area contributed by atoms with Crippen molar-refractivity contribution in [1.82, 2.24) is 0 Å². The number of hydrogen-bond donors (Lipinski definition) is 1. The molecule has 2 aromatic rings. The van der Waals surface area contributed by atoms with E-state index in [-0.39, 0.29) is 0 Å². The third kappa shape index (κ3) is 3.02. The maximum Gasteiger partial charge on any atom is 0.262 e. The molecular weight excluding hydrogens is 270 g/mol. The summed E-state index contributed by atoms with van der Waals surface area (Å²) >= 11 is 0. The Hall–Kier alpha value is -1.81. The first kappa shape index (κ1) is 14.6. The SMILES string of the molecule is CCc1ccccc1NS(=O)(=O)c1ccc(C)cc1C. The molecule has 0 aliphatic rings. The molecule has 106 valence electrons. The van der Waals surface area contributed by atoms with Crippen molar-refractivity contribution in [1.29, 1.82) is 0 Å². The van der Waals surface area contributed by atoms with Gasteiger partial charge in [-0.3, -0.25) is 4.72 Å². The lowest BCUT2D eigenvalue weighted by molar-refractivity contribution is 0.600. The van der Waals surface area contributed by atoms with Crippen molar-refractivity contribution in [2.45, 2.75) is 32.1 Å². The van der Waals surface area contributed by atoms with Crippen LogP contribution in [-0.2, 0) is 16.4 Å². The fourth-order valence-electron chi connectivity index (χ4n) is 2.23. The lowest BCUT2D eigenvalue weighted by Gasteiger charge is -2.13. The van der Waals surface area contributed by atoms with Crippen LogP contribution in [0.3, 0.4) is 0 Å². The Kier molecular flexibility index (Phi) is 4.14. The quantitative estimate of drug-likeness (QED) is 0.933. The van der Waals surface area contributed by atoms with Crippen molar-refractivity contribution in [2.24, 2.45) is 0 Å². The van der Waals surface area contributed by atoms with Crippen LogP contribution in [0.2, 0.25) is 0 Å². The Morgan fingerprint density at radius 1 is 1.05 bits per heavy atom. The van der Waals surface area contributed by atoms with Gasteiger partial charge < -0.3 is 0 Å². The highest BCUT2D eigenvalue weighted by molar-refractivity contribution is 7.92. The number of aryl methyl sites for hydroxylation is 3. The smallest absolute Gasteiger partial charge is 0.262 e. The molecule has 4 heteroatoms. The minimum atomic E-state index is -3.54. The van der Waals surface area contributed by atoms with Crippen LogP contribution in [0.1, 0.15) is 23.6 Å². The molecule has 0 heterocycles. The summed E-state index contributed by atoms with van der Waals surface area (Å²) in [6.07, 6.45) is 0.783. The van der Waals surface area contributed by atoms with Gasteiger partial charge in [0.05, 0.1) is 10.6 Å². The highest BCUT2D eigenvalue weighted by Crippen LogP contribution is 2.22. The summed E-state index contributed by atoms with van der Waals surface area (Å²) < 4.78 is 27.7. The molecule has 0 bridgehead atoms. The predicted molar refractivity (Wildman–Crippen MR) is 82.5 cm³/mol. The zero-order valence-corrected chi connectivity index (χ0v) is 12.8. The van der Waals surface area contributed by atoms with E-state index in [1.54, 1.807) is 12.1 Å². The lowest BCUT2D eigenvalue weighted by atomic mass is 10.1. The monoisotopic (exact) mass is 289 g/mol. The number of nitrogens with one attached hydrogen (secondary N) is 1. The van der Waals surface area contributed by atoms with Crippen LogP contribution in [0.4, 0.5) is 5.69 Å². The molecule has 0 aliphatic carbocycles. The van der Waals surface area contributed by atoms with Gasteiger partial charge in [-0.25, -0.2) is 8.42 Å². The van der Waals surface area contributed by atoms with Crippen molar-refractivity contribution in [3.8, 4) is 0 Å². The largest absolute Gasteiger partial charge is 0.279 e. The highest BCUT2D eigenvalue weighted by Gasteiger charge is 2.17. The van der Waals surface area contributed by atoms with Crippen LogP contribution >= 0.6 is 0 Å². The van der Waals surface area contributed by atoms with Gasteiger partial charge in [0.25, 0.3) is 10.0 Å². The van der Waals surface area contributed by atoms with Gasteiger partial charge in [-0.05, 0) is 43.5 Å². The first-order valence-electron chi connectivity index (χ1n) is 6.62. The number of para-hydroxylation sites is 1. The van der Waals surface area contributed by atoms with E-state index in [9.17, 15) is 8.42 Å². The average molecular weight is 289 g/mol. The molecule has 0 saturated heterocycles. The van der Waals surface area contributed by atoms with Crippen LogP contribution in [0.5, 0.6) is 0 Å². The molecule has 0 aliphatic heterocycles. The normalized spacial score (nSPS) is 11.3. The van der Waals surface area contributed by atoms with Crippen molar-refractivity contribution < 1.29 is 8.42 Å². The Labute approximate surface area is 120 Å². The van der Waals surface area contributed by atoms with Crippen molar-refractivity contribution in [2.75, 3.05) is 4.72 Å².